The second kappa shape index (κ2) is 5.80. The van der Waals surface area contributed by atoms with Gasteiger partial charge >= 0.3 is 5.97 Å². The first-order chi connectivity index (χ1) is 13.3. The number of Topliss-reactive ketones (excluding diaryl/α,β-unsaturated/α-hetero) is 1. The molecule has 0 heterocycles. The van der Waals surface area contributed by atoms with Crippen LogP contribution in [0.5, 0.6) is 0 Å². The molecule has 6 nitrogen and oxygen atoms in total. The molecule has 0 aromatic carbocycles. The number of esters is 1. The highest BCUT2D eigenvalue weighted by Gasteiger charge is 2.84. The largest absolute Gasteiger partial charge is 0.459 e. The van der Waals surface area contributed by atoms with Crippen molar-refractivity contribution in [3.05, 3.63) is 23.3 Å². The van der Waals surface area contributed by atoms with Crippen LogP contribution in [0.25, 0.3) is 0 Å². The number of aliphatic hydroxyl groups excluding tert-OH is 1. The fraction of sp³-hybridized carbons (Fsp3) is 0.739. The van der Waals surface area contributed by atoms with Crippen LogP contribution in [0.2, 0.25) is 0 Å². The highest BCUT2D eigenvalue weighted by molar-refractivity contribution is 6.04. The second-order valence-electron chi connectivity index (χ2n) is 10.5. The number of carbonyl (C=O) groups is 2. The SMILES string of the molecule is CC(=O)O[C@@H]1[C@@H](C)[C@]2(C)C3C=C(C)C(=O)[C@@]3(O)CC(CO)=C[C@H]2[C@@H]2C(C)(C)[C@]12O. The normalized spacial score (nSPS) is 49.8. The molecule has 4 aliphatic rings. The summed E-state index contributed by atoms with van der Waals surface area (Å²) in [5.41, 5.74) is -2.85. The van der Waals surface area contributed by atoms with Gasteiger partial charge in [-0.2, -0.15) is 0 Å². The zero-order valence-corrected chi connectivity index (χ0v) is 18.0. The summed E-state index contributed by atoms with van der Waals surface area (Å²) in [5.74, 6) is -1.98. The van der Waals surface area contributed by atoms with Crippen LogP contribution in [0.3, 0.4) is 0 Å². The van der Waals surface area contributed by atoms with Crippen molar-refractivity contribution in [1.82, 2.24) is 0 Å². The lowest BCUT2D eigenvalue weighted by atomic mass is 9.52. The Balaban J connectivity index is 1.95. The molecule has 0 amide bonds. The Morgan fingerprint density at radius 2 is 1.86 bits per heavy atom. The van der Waals surface area contributed by atoms with Crippen LogP contribution in [0, 0.1) is 34.5 Å². The molecule has 2 fully saturated rings. The van der Waals surface area contributed by atoms with E-state index in [2.05, 4.69) is 0 Å². The van der Waals surface area contributed by atoms with Gasteiger partial charge in [-0.25, -0.2) is 0 Å². The molecular formula is C23H32O6. The smallest absolute Gasteiger partial charge is 0.303 e. The van der Waals surface area contributed by atoms with Gasteiger partial charge in [0.2, 0.25) is 0 Å². The van der Waals surface area contributed by atoms with Gasteiger partial charge in [-0.3, -0.25) is 9.59 Å². The van der Waals surface area contributed by atoms with Gasteiger partial charge in [-0.1, -0.05) is 39.8 Å². The summed E-state index contributed by atoms with van der Waals surface area (Å²) >= 11 is 0. The molecule has 0 aromatic heterocycles. The minimum atomic E-state index is -1.63. The summed E-state index contributed by atoms with van der Waals surface area (Å²) in [5, 5.41) is 33.2. The van der Waals surface area contributed by atoms with Crippen molar-refractivity contribution in [2.75, 3.05) is 6.61 Å². The van der Waals surface area contributed by atoms with Gasteiger partial charge in [0, 0.05) is 36.5 Å². The zero-order chi connectivity index (χ0) is 21.7. The number of allylic oxidation sites excluding steroid dienone is 1. The van der Waals surface area contributed by atoms with E-state index in [0.717, 1.165) is 0 Å². The van der Waals surface area contributed by atoms with Gasteiger partial charge in [0.05, 0.1) is 6.61 Å². The summed E-state index contributed by atoms with van der Waals surface area (Å²) in [6.07, 6.45) is 3.16. The molecule has 8 atom stereocenters. The lowest BCUT2D eigenvalue weighted by molar-refractivity contribution is -0.191. The molecule has 0 radical (unpaired) electrons. The summed E-state index contributed by atoms with van der Waals surface area (Å²) in [6, 6.07) is 0. The number of hydrogen-bond donors (Lipinski definition) is 3. The van der Waals surface area contributed by atoms with Crippen molar-refractivity contribution in [2.45, 2.75) is 65.3 Å². The van der Waals surface area contributed by atoms with Crippen molar-refractivity contribution in [2.24, 2.45) is 34.5 Å². The lowest BCUT2D eigenvalue weighted by Crippen LogP contribution is -2.60. The van der Waals surface area contributed by atoms with E-state index in [0.29, 0.717) is 11.1 Å². The third kappa shape index (κ3) is 2.23. The van der Waals surface area contributed by atoms with Gasteiger partial charge in [-0.15, -0.1) is 0 Å². The highest BCUT2D eigenvalue weighted by Crippen LogP contribution is 2.77. The van der Waals surface area contributed by atoms with Crippen LogP contribution < -0.4 is 0 Å². The van der Waals surface area contributed by atoms with Crippen molar-refractivity contribution in [3.8, 4) is 0 Å². The molecular weight excluding hydrogens is 372 g/mol. The Labute approximate surface area is 171 Å². The standard InChI is InChI=1S/C23H32O6/c1-11-7-16-21(6)12(2)19(29-13(3)25)23(28)17(20(23,4)5)15(21)8-14(10-24)9-22(16,27)18(11)26/h7-8,12,15-17,19,24,27-28H,9-10H2,1-6H3/t12-,15+,16?,17-,19-,21+,22-,23-/m1/s1. The van der Waals surface area contributed by atoms with Crippen LogP contribution in [-0.4, -0.2) is 51.0 Å². The Kier molecular flexibility index (Phi) is 4.15. The minimum Gasteiger partial charge on any atom is -0.459 e. The molecule has 4 rings (SSSR count). The van der Waals surface area contributed by atoms with Crippen molar-refractivity contribution < 1.29 is 29.6 Å². The molecule has 3 N–H and O–H groups in total. The Bertz CT molecular complexity index is 855. The topological polar surface area (TPSA) is 104 Å². The van der Waals surface area contributed by atoms with Crippen molar-refractivity contribution >= 4 is 11.8 Å². The van der Waals surface area contributed by atoms with E-state index < -0.39 is 40.0 Å². The van der Waals surface area contributed by atoms with Crippen LogP contribution in [-0.2, 0) is 14.3 Å². The number of hydrogen-bond acceptors (Lipinski definition) is 6. The van der Waals surface area contributed by atoms with Crippen LogP contribution in [0.1, 0.15) is 48.0 Å². The summed E-state index contributed by atoms with van der Waals surface area (Å²) in [6.45, 7) is 10.7. The van der Waals surface area contributed by atoms with Gasteiger partial charge in [0.25, 0.3) is 0 Å². The van der Waals surface area contributed by atoms with Crippen LogP contribution in [0.4, 0.5) is 0 Å². The number of fused-ring (bicyclic) bond motifs is 5. The van der Waals surface area contributed by atoms with E-state index >= 15 is 0 Å². The van der Waals surface area contributed by atoms with E-state index in [4.69, 9.17) is 4.74 Å². The molecule has 0 aromatic rings. The molecule has 0 saturated heterocycles. The average Bonchev–Trinajstić information content (AvgIpc) is 3.02. The number of rotatable bonds is 2. The molecule has 0 aliphatic heterocycles. The maximum absolute atomic E-state index is 13.0. The van der Waals surface area contributed by atoms with Gasteiger partial charge in [-0.05, 0) is 29.4 Å². The minimum absolute atomic E-state index is 0.0729. The molecule has 0 spiro atoms. The van der Waals surface area contributed by atoms with E-state index in [1.807, 2.05) is 39.8 Å². The Morgan fingerprint density at radius 1 is 1.24 bits per heavy atom. The first kappa shape index (κ1) is 20.8. The maximum atomic E-state index is 13.0. The summed E-state index contributed by atoms with van der Waals surface area (Å²) in [4.78, 5) is 24.9. The molecule has 1 unspecified atom stereocenters. The number of ether oxygens (including phenoxy) is 1. The fourth-order valence-electron chi connectivity index (χ4n) is 7.19. The van der Waals surface area contributed by atoms with Crippen molar-refractivity contribution in [1.29, 1.82) is 0 Å². The van der Waals surface area contributed by atoms with E-state index in [1.165, 1.54) is 6.92 Å². The van der Waals surface area contributed by atoms with Gasteiger partial charge < -0.3 is 20.1 Å². The molecule has 160 valence electrons. The summed E-state index contributed by atoms with van der Waals surface area (Å²) in [7, 11) is 0. The van der Waals surface area contributed by atoms with E-state index in [-0.39, 0.29) is 36.6 Å². The van der Waals surface area contributed by atoms with Gasteiger partial charge in [0.1, 0.15) is 17.3 Å². The average molecular weight is 405 g/mol. The fourth-order valence-corrected chi connectivity index (χ4v) is 7.19. The monoisotopic (exact) mass is 404 g/mol. The van der Waals surface area contributed by atoms with Crippen molar-refractivity contribution in [3.63, 3.8) is 0 Å². The first-order valence-electron chi connectivity index (χ1n) is 10.4. The second-order valence-corrected chi connectivity index (χ2v) is 10.5. The molecule has 29 heavy (non-hydrogen) atoms. The molecule has 0 bridgehead atoms. The third-order valence-electron chi connectivity index (χ3n) is 8.91. The summed E-state index contributed by atoms with van der Waals surface area (Å²) < 4.78 is 5.69. The predicted molar refractivity (Wildman–Crippen MR) is 106 cm³/mol. The van der Waals surface area contributed by atoms with E-state index in [1.54, 1.807) is 6.92 Å². The molecule has 6 heteroatoms. The third-order valence-corrected chi connectivity index (χ3v) is 8.91. The van der Waals surface area contributed by atoms with Crippen LogP contribution >= 0.6 is 0 Å². The number of carbonyl (C=O) groups excluding carboxylic acids is 2. The Morgan fingerprint density at radius 3 is 2.41 bits per heavy atom. The first-order valence-corrected chi connectivity index (χ1v) is 10.4. The predicted octanol–water partition coefficient (Wildman–Crippen LogP) is 1.78. The van der Waals surface area contributed by atoms with E-state index in [9.17, 15) is 24.9 Å². The quantitative estimate of drug-likeness (QED) is 0.479. The van der Waals surface area contributed by atoms with Crippen LogP contribution in [0.15, 0.2) is 23.3 Å². The molecule has 4 aliphatic carbocycles. The van der Waals surface area contributed by atoms with Gasteiger partial charge in [0.15, 0.2) is 5.78 Å². The lowest BCUT2D eigenvalue weighted by Gasteiger charge is -2.54. The highest BCUT2D eigenvalue weighted by atomic mass is 16.6. The number of aliphatic hydroxyl groups is 3. The zero-order valence-electron chi connectivity index (χ0n) is 18.0. The number of ketones is 1. The molecule has 2 saturated carbocycles. The Hall–Kier alpha value is -1.50. The maximum Gasteiger partial charge on any atom is 0.303 e.